The fraction of sp³-hybridized carbons (Fsp3) is 0.0500. The van der Waals surface area contributed by atoms with Gasteiger partial charge in [0.1, 0.15) is 5.75 Å². The molecule has 0 aliphatic heterocycles. The van der Waals surface area contributed by atoms with Crippen LogP contribution in [-0.2, 0) is 0 Å². The van der Waals surface area contributed by atoms with Crippen LogP contribution in [0.3, 0.4) is 0 Å². The molecule has 0 amide bonds. The number of hydrogen-bond donors (Lipinski definition) is 2. The summed E-state index contributed by atoms with van der Waals surface area (Å²) in [6, 6.07) is 20.9. The number of halogens is 2. The van der Waals surface area contributed by atoms with Gasteiger partial charge in [-0.1, -0.05) is 69.2 Å². The number of rotatable bonds is 4. The number of thiazole rings is 1. The van der Waals surface area contributed by atoms with Crippen LogP contribution < -0.4 is 5.32 Å². The summed E-state index contributed by atoms with van der Waals surface area (Å²) in [6.07, 6.45) is 0. The highest BCUT2D eigenvalue weighted by Gasteiger charge is 2.19. The van der Waals surface area contributed by atoms with E-state index in [1.54, 1.807) is 23.5 Å². The number of aromatic nitrogens is 1. The van der Waals surface area contributed by atoms with Crippen molar-refractivity contribution in [3.8, 4) is 5.75 Å². The summed E-state index contributed by atoms with van der Waals surface area (Å²) in [7, 11) is 0. The molecule has 1 heterocycles. The Bertz CT molecular complexity index is 1030. The summed E-state index contributed by atoms with van der Waals surface area (Å²) in [5, 5.41) is 15.2. The summed E-state index contributed by atoms with van der Waals surface area (Å²) in [5.74, 6) is 0.152. The van der Waals surface area contributed by atoms with Crippen LogP contribution in [0.2, 0.25) is 5.02 Å². The van der Waals surface area contributed by atoms with E-state index in [9.17, 15) is 5.11 Å². The van der Waals surface area contributed by atoms with Gasteiger partial charge in [-0.3, -0.25) is 0 Å². The fourth-order valence-electron chi connectivity index (χ4n) is 2.81. The van der Waals surface area contributed by atoms with E-state index in [0.29, 0.717) is 5.02 Å². The molecule has 4 rings (SSSR count). The normalized spacial score (nSPS) is 12.2. The van der Waals surface area contributed by atoms with Crippen LogP contribution in [0.15, 0.2) is 71.2 Å². The Morgan fingerprint density at radius 1 is 1.04 bits per heavy atom. The number of benzene rings is 3. The Kier molecular flexibility index (Phi) is 4.85. The predicted octanol–water partition coefficient (Wildman–Crippen LogP) is 6.62. The van der Waals surface area contributed by atoms with Crippen LogP contribution in [0.4, 0.5) is 5.13 Å². The second-order valence-corrected chi connectivity index (χ2v) is 8.20. The molecule has 0 aliphatic carbocycles. The van der Waals surface area contributed by atoms with Gasteiger partial charge >= 0.3 is 0 Å². The van der Waals surface area contributed by atoms with Crippen molar-refractivity contribution in [3.05, 3.63) is 87.4 Å². The second kappa shape index (κ2) is 7.27. The molecule has 3 nitrogen and oxygen atoms in total. The van der Waals surface area contributed by atoms with Gasteiger partial charge in [0.2, 0.25) is 0 Å². The van der Waals surface area contributed by atoms with Crippen molar-refractivity contribution in [1.29, 1.82) is 0 Å². The van der Waals surface area contributed by atoms with Crippen molar-refractivity contribution in [2.75, 3.05) is 5.32 Å². The van der Waals surface area contributed by atoms with E-state index < -0.39 is 0 Å². The molecule has 130 valence electrons. The number of hydrogen-bond acceptors (Lipinski definition) is 4. The maximum absolute atomic E-state index is 10.4. The zero-order chi connectivity index (χ0) is 18.1. The van der Waals surface area contributed by atoms with Crippen molar-refractivity contribution in [2.24, 2.45) is 0 Å². The van der Waals surface area contributed by atoms with Crippen LogP contribution in [0, 0.1) is 0 Å². The number of phenolic OH excluding ortho intramolecular Hbond substituents is 1. The largest absolute Gasteiger partial charge is 0.508 e. The Balaban J connectivity index is 1.77. The van der Waals surface area contributed by atoms with Crippen molar-refractivity contribution >= 4 is 54.2 Å². The molecular formula is C20H14BrClN2OS. The van der Waals surface area contributed by atoms with E-state index >= 15 is 0 Å². The molecule has 1 atom stereocenters. The second-order valence-electron chi connectivity index (χ2n) is 5.82. The Labute approximate surface area is 168 Å². The number of fused-ring (bicyclic) bond motifs is 1. The number of nitrogens with zero attached hydrogens (tertiary/aromatic N) is 1. The molecule has 1 unspecified atom stereocenters. The smallest absolute Gasteiger partial charge is 0.184 e. The third-order valence-electron chi connectivity index (χ3n) is 4.07. The topological polar surface area (TPSA) is 45.1 Å². The molecule has 1 aromatic heterocycles. The van der Waals surface area contributed by atoms with Crippen molar-refractivity contribution < 1.29 is 5.11 Å². The molecule has 0 radical (unpaired) electrons. The number of anilines is 1. The summed E-state index contributed by atoms with van der Waals surface area (Å²) < 4.78 is 2.12. The van der Waals surface area contributed by atoms with Gasteiger partial charge in [-0.2, -0.15) is 0 Å². The highest BCUT2D eigenvalue weighted by molar-refractivity contribution is 9.10. The van der Waals surface area contributed by atoms with E-state index in [-0.39, 0.29) is 11.8 Å². The highest BCUT2D eigenvalue weighted by Crippen LogP contribution is 2.36. The molecule has 4 aromatic rings. The number of phenols is 1. The van der Waals surface area contributed by atoms with E-state index in [4.69, 9.17) is 11.6 Å². The third kappa shape index (κ3) is 3.56. The summed E-state index contributed by atoms with van der Waals surface area (Å²) in [5.41, 5.74) is 2.72. The summed E-state index contributed by atoms with van der Waals surface area (Å²) in [4.78, 5) is 4.66. The Morgan fingerprint density at radius 3 is 2.54 bits per heavy atom. The lowest BCUT2D eigenvalue weighted by molar-refractivity contribution is 0.466. The lowest BCUT2D eigenvalue weighted by Crippen LogP contribution is -2.12. The van der Waals surface area contributed by atoms with Crippen LogP contribution in [0.25, 0.3) is 10.2 Å². The lowest BCUT2D eigenvalue weighted by atomic mass is 9.98. The Morgan fingerprint density at radius 2 is 1.81 bits per heavy atom. The van der Waals surface area contributed by atoms with Crippen LogP contribution in [-0.4, -0.2) is 10.1 Å². The number of para-hydroxylation sites is 1. The van der Waals surface area contributed by atoms with Gasteiger partial charge in [-0.15, -0.1) is 0 Å². The van der Waals surface area contributed by atoms with Crippen LogP contribution >= 0.6 is 38.9 Å². The monoisotopic (exact) mass is 444 g/mol. The van der Waals surface area contributed by atoms with E-state index in [1.165, 1.54) is 0 Å². The molecule has 2 N–H and O–H groups in total. The predicted molar refractivity (Wildman–Crippen MR) is 112 cm³/mol. The first-order chi connectivity index (χ1) is 12.6. The zero-order valence-electron chi connectivity index (χ0n) is 13.5. The van der Waals surface area contributed by atoms with Gasteiger partial charge in [0.05, 0.1) is 16.3 Å². The zero-order valence-corrected chi connectivity index (χ0v) is 16.6. The minimum Gasteiger partial charge on any atom is -0.508 e. The molecule has 26 heavy (non-hydrogen) atoms. The average molecular weight is 446 g/mol. The number of nitrogens with one attached hydrogen (secondary N) is 1. The van der Waals surface area contributed by atoms with E-state index in [1.807, 2.05) is 54.6 Å². The minimum atomic E-state index is -0.249. The van der Waals surface area contributed by atoms with Crippen LogP contribution in [0.1, 0.15) is 17.2 Å². The first kappa shape index (κ1) is 17.3. The van der Waals surface area contributed by atoms with Gasteiger partial charge in [0.25, 0.3) is 0 Å². The lowest BCUT2D eigenvalue weighted by Gasteiger charge is -2.20. The molecule has 0 aliphatic rings. The number of aromatic hydroxyl groups is 1. The molecule has 0 bridgehead atoms. The quantitative estimate of drug-likeness (QED) is 0.371. The third-order valence-corrected chi connectivity index (χ3v) is 5.80. The molecule has 0 spiro atoms. The van der Waals surface area contributed by atoms with Crippen molar-refractivity contribution in [3.63, 3.8) is 0 Å². The van der Waals surface area contributed by atoms with Crippen molar-refractivity contribution in [1.82, 2.24) is 4.98 Å². The van der Waals surface area contributed by atoms with E-state index in [0.717, 1.165) is 30.9 Å². The molecule has 3 aromatic carbocycles. The molecule has 6 heteroatoms. The Hall–Kier alpha value is -2.08. The van der Waals surface area contributed by atoms with Crippen molar-refractivity contribution in [2.45, 2.75) is 6.04 Å². The molecular weight excluding hydrogens is 432 g/mol. The molecule has 0 saturated carbocycles. The van der Waals surface area contributed by atoms with Gasteiger partial charge in [0.15, 0.2) is 5.13 Å². The molecule has 0 fully saturated rings. The minimum absolute atomic E-state index is 0.152. The summed E-state index contributed by atoms with van der Waals surface area (Å²) in [6.45, 7) is 0. The fourth-order valence-corrected chi connectivity index (χ4v) is 4.14. The van der Waals surface area contributed by atoms with Gasteiger partial charge < -0.3 is 10.4 Å². The van der Waals surface area contributed by atoms with Gasteiger partial charge in [-0.25, -0.2) is 4.98 Å². The highest BCUT2D eigenvalue weighted by atomic mass is 79.9. The first-order valence-corrected chi connectivity index (χ1v) is 9.95. The summed E-state index contributed by atoms with van der Waals surface area (Å²) >= 11 is 11.1. The van der Waals surface area contributed by atoms with Crippen LogP contribution in [0.5, 0.6) is 5.75 Å². The maximum Gasteiger partial charge on any atom is 0.184 e. The van der Waals surface area contributed by atoms with Gasteiger partial charge in [-0.05, 0) is 42.0 Å². The average Bonchev–Trinajstić information content (AvgIpc) is 3.03. The van der Waals surface area contributed by atoms with E-state index in [2.05, 4.69) is 26.2 Å². The SMILES string of the molecule is Oc1cc(Cl)ccc1C(Nc1nc2ccccc2s1)c1ccc(Br)cc1. The molecule has 0 saturated heterocycles. The maximum atomic E-state index is 10.4. The van der Waals surface area contributed by atoms with Gasteiger partial charge in [0, 0.05) is 15.1 Å². The first-order valence-electron chi connectivity index (χ1n) is 7.96. The standard InChI is InChI=1S/C20H14BrClN2OS/c21-13-7-5-12(6-8-13)19(15-10-9-14(22)11-17(15)25)24-20-23-16-3-1-2-4-18(16)26-20/h1-11,19,25H,(H,23,24).